The molecule has 0 aromatic carbocycles. The van der Waals surface area contributed by atoms with Crippen molar-refractivity contribution in [2.75, 3.05) is 0 Å². The SMILES string of the molecule is CC(C)C(CCc1ccsc1)C(C)Cl. The Bertz CT molecular complexity index is 231. The Morgan fingerprint density at radius 1 is 1.36 bits per heavy atom. The number of halogens is 1. The first-order chi connectivity index (χ1) is 6.61. The van der Waals surface area contributed by atoms with Gasteiger partial charge in [-0.1, -0.05) is 13.8 Å². The summed E-state index contributed by atoms with van der Waals surface area (Å²) in [7, 11) is 0. The minimum absolute atomic E-state index is 0.286. The van der Waals surface area contributed by atoms with Gasteiger partial charge in [0.1, 0.15) is 0 Å². The van der Waals surface area contributed by atoms with E-state index >= 15 is 0 Å². The summed E-state index contributed by atoms with van der Waals surface area (Å²) >= 11 is 7.96. The summed E-state index contributed by atoms with van der Waals surface area (Å²) in [5.41, 5.74) is 1.46. The third-order valence-corrected chi connectivity index (χ3v) is 3.85. The van der Waals surface area contributed by atoms with Crippen LogP contribution in [0.4, 0.5) is 0 Å². The van der Waals surface area contributed by atoms with E-state index in [-0.39, 0.29) is 5.38 Å². The van der Waals surface area contributed by atoms with E-state index < -0.39 is 0 Å². The molecule has 0 amide bonds. The average Bonchev–Trinajstić information content (AvgIpc) is 2.55. The Morgan fingerprint density at radius 2 is 2.07 bits per heavy atom. The van der Waals surface area contributed by atoms with Gasteiger partial charge in [-0.2, -0.15) is 11.3 Å². The van der Waals surface area contributed by atoms with Crippen LogP contribution in [0, 0.1) is 11.8 Å². The molecule has 0 fully saturated rings. The zero-order chi connectivity index (χ0) is 10.6. The fourth-order valence-corrected chi connectivity index (χ4v) is 2.98. The summed E-state index contributed by atoms with van der Waals surface area (Å²) in [6.07, 6.45) is 2.38. The average molecular weight is 231 g/mol. The summed E-state index contributed by atoms with van der Waals surface area (Å²) in [4.78, 5) is 0. The number of hydrogen-bond acceptors (Lipinski definition) is 1. The minimum atomic E-state index is 0.286. The van der Waals surface area contributed by atoms with Crippen LogP contribution in [0.2, 0.25) is 0 Å². The molecule has 80 valence electrons. The first kappa shape index (κ1) is 12.1. The van der Waals surface area contributed by atoms with Crippen LogP contribution in [0.1, 0.15) is 32.8 Å². The molecule has 0 bridgehead atoms. The summed E-state index contributed by atoms with van der Waals surface area (Å²) in [6, 6.07) is 2.21. The van der Waals surface area contributed by atoms with E-state index in [4.69, 9.17) is 11.6 Å². The highest BCUT2D eigenvalue weighted by atomic mass is 35.5. The maximum absolute atomic E-state index is 6.18. The van der Waals surface area contributed by atoms with E-state index in [1.165, 1.54) is 18.4 Å². The van der Waals surface area contributed by atoms with Gasteiger partial charge in [0.15, 0.2) is 0 Å². The van der Waals surface area contributed by atoms with Crippen LogP contribution in [-0.2, 0) is 6.42 Å². The standard InChI is InChI=1S/C12H19ClS/c1-9(2)12(10(3)13)5-4-11-6-7-14-8-11/h6-10,12H,4-5H2,1-3H3. The Morgan fingerprint density at radius 3 is 2.50 bits per heavy atom. The van der Waals surface area contributed by atoms with E-state index in [2.05, 4.69) is 37.6 Å². The van der Waals surface area contributed by atoms with Crippen molar-refractivity contribution in [3.8, 4) is 0 Å². The second kappa shape index (κ2) is 5.77. The van der Waals surface area contributed by atoms with Gasteiger partial charge in [0.2, 0.25) is 0 Å². The molecule has 0 aliphatic carbocycles. The summed E-state index contributed by atoms with van der Waals surface area (Å²) in [6.45, 7) is 6.63. The monoisotopic (exact) mass is 230 g/mol. The van der Waals surface area contributed by atoms with Crippen molar-refractivity contribution in [2.45, 2.75) is 39.0 Å². The first-order valence-corrected chi connectivity index (χ1v) is 6.64. The summed E-state index contributed by atoms with van der Waals surface area (Å²) < 4.78 is 0. The molecule has 0 nitrogen and oxygen atoms in total. The van der Waals surface area contributed by atoms with Crippen molar-refractivity contribution in [3.05, 3.63) is 22.4 Å². The van der Waals surface area contributed by atoms with Crippen LogP contribution in [0.5, 0.6) is 0 Å². The van der Waals surface area contributed by atoms with Crippen LogP contribution >= 0.6 is 22.9 Å². The lowest BCUT2D eigenvalue weighted by molar-refractivity contribution is 0.354. The molecule has 0 aliphatic rings. The van der Waals surface area contributed by atoms with E-state index in [0.717, 1.165) is 0 Å². The molecule has 2 atom stereocenters. The van der Waals surface area contributed by atoms with Crippen molar-refractivity contribution in [1.82, 2.24) is 0 Å². The number of hydrogen-bond donors (Lipinski definition) is 0. The van der Waals surface area contributed by atoms with Gasteiger partial charge < -0.3 is 0 Å². The fraction of sp³-hybridized carbons (Fsp3) is 0.667. The van der Waals surface area contributed by atoms with Crippen LogP contribution < -0.4 is 0 Å². The number of aryl methyl sites for hydroxylation is 1. The van der Waals surface area contributed by atoms with E-state index in [1.54, 1.807) is 11.3 Å². The largest absolute Gasteiger partial charge is 0.152 e. The second-order valence-corrected chi connectivity index (χ2v) is 5.72. The van der Waals surface area contributed by atoms with Crippen molar-refractivity contribution in [1.29, 1.82) is 0 Å². The van der Waals surface area contributed by atoms with Gasteiger partial charge >= 0.3 is 0 Å². The maximum atomic E-state index is 6.18. The summed E-state index contributed by atoms with van der Waals surface area (Å²) in [5.74, 6) is 1.32. The molecule has 14 heavy (non-hydrogen) atoms. The van der Waals surface area contributed by atoms with Gasteiger partial charge in [-0.05, 0) is 54.0 Å². The highest BCUT2D eigenvalue weighted by molar-refractivity contribution is 7.07. The molecule has 0 N–H and O–H groups in total. The quantitative estimate of drug-likeness (QED) is 0.650. The smallest absolute Gasteiger partial charge is 0.0338 e. The lowest BCUT2D eigenvalue weighted by Gasteiger charge is -2.22. The van der Waals surface area contributed by atoms with Gasteiger partial charge in [0.25, 0.3) is 0 Å². The predicted octanol–water partition coefficient (Wildman–Crippen LogP) is 4.58. The molecule has 0 radical (unpaired) electrons. The van der Waals surface area contributed by atoms with Gasteiger partial charge in [-0.3, -0.25) is 0 Å². The van der Waals surface area contributed by atoms with Crippen molar-refractivity contribution in [2.24, 2.45) is 11.8 Å². The molecular weight excluding hydrogens is 212 g/mol. The zero-order valence-corrected chi connectivity index (χ0v) is 10.7. The van der Waals surface area contributed by atoms with E-state index in [9.17, 15) is 0 Å². The van der Waals surface area contributed by atoms with Gasteiger partial charge in [0.05, 0.1) is 0 Å². The molecule has 1 aromatic heterocycles. The van der Waals surface area contributed by atoms with Crippen LogP contribution in [-0.4, -0.2) is 5.38 Å². The minimum Gasteiger partial charge on any atom is -0.152 e. The Hall–Kier alpha value is -0.0100. The van der Waals surface area contributed by atoms with Crippen LogP contribution in [0.15, 0.2) is 16.8 Å². The molecule has 0 aliphatic heterocycles. The Kier molecular flexibility index (Phi) is 4.97. The van der Waals surface area contributed by atoms with Crippen LogP contribution in [0.25, 0.3) is 0 Å². The molecule has 0 spiro atoms. The molecule has 1 rings (SSSR count). The maximum Gasteiger partial charge on any atom is 0.0338 e. The van der Waals surface area contributed by atoms with E-state index in [0.29, 0.717) is 11.8 Å². The first-order valence-electron chi connectivity index (χ1n) is 5.26. The number of alkyl halides is 1. The molecule has 1 heterocycles. The zero-order valence-electron chi connectivity index (χ0n) is 9.16. The van der Waals surface area contributed by atoms with Gasteiger partial charge in [0, 0.05) is 5.38 Å². The fourth-order valence-electron chi connectivity index (χ4n) is 1.86. The molecule has 2 heteroatoms. The third kappa shape index (κ3) is 3.62. The second-order valence-electron chi connectivity index (χ2n) is 4.26. The van der Waals surface area contributed by atoms with Gasteiger partial charge in [-0.25, -0.2) is 0 Å². The summed E-state index contributed by atoms with van der Waals surface area (Å²) in [5, 5.41) is 4.66. The van der Waals surface area contributed by atoms with Crippen molar-refractivity contribution < 1.29 is 0 Å². The molecule has 1 aromatic rings. The third-order valence-electron chi connectivity index (χ3n) is 2.79. The lowest BCUT2D eigenvalue weighted by atomic mass is 9.88. The van der Waals surface area contributed by atoms with Gasteiger partial charge in [-0.15, -0.1) is 11.6 Å². The van der Waals surface area contributed by atoms with Crippen LogP contribution in [0.3, 0.4) is 0 Å². The topological polar surface area (TPSA) is 0 Å². The predicted molar refractivity (Wildman–Crippen MR) is 66.3 cm³/mol. The molecule has 2 unspecified atom stereocenters. The Labute approximate surface area is 96.3 Å². The normalized spacial score (nSPS) is 15.8. The molecule has 0 saturated heterocycles. The highest BCUT2D eigenvalue weighted by Gasteiger charge is 2.18. The van der Waals surface area contributed by atoms with E-state index in [1.807, 2.05) is 0 Å². The number of thiophene rings is 1. The van der Waals surface area contributed by atoms with Crippen molar-refractivity contribution >= 4 is 22.9 Å². The highest BCUT2D eigenvalue weighted by Crippen LogP contribution is 2.25. The lowest BCUT2D eigenvalue weighted by Crippen LogP contribution is -2.18. The molecular formula is C12H19ClS. The number of rotatable bonds is 5. The van der Waals surface area contributed by atoms with Crippen molar-refractivity contribution in [3.63, 3.8) is 0 Å². The molecule has 0 saturated carbocycles. The Balaban J connectivity index is 2.41.